The first-order valence-corrected chi connectivity index (χ1v) is 6.82. The molecule has 0 unspecified atom stereocenters. The van der Waals surface area contributed by atoms with Crippen molar-refractivity contribution in [3.8, 4) is 0 Å². The average Bonchev–Trinajstić information content (AvgIpc) is 2.48. The van der Waals surface area contributed by atoms with Gasteiger partial charge in [-0.1, -0.05) is 30.3 Å². The Hall–Kier alpha value is -1.72. The molecule has 20 heavy (non-hydrogen) atoms. The third kappa shape index (κ3) is 3.43. The van der Waals surface area contributed by atoms with Gasteiger partial charge in [0.25, 0.3) is 5.91 Å². The number of nitrogens with one attached hydrogen (secondary N) is 1. The zero-order chi connectivity index (χ0) is 14.5. The Kier molecular flexibility index (Phi) is 4.87. The molecule has 0 aliphatic rings. The van der Waals surface area contributed by atoms with Crippen molar-refractivity contribution < 1.29 is 14.3 Å². The summed E-state index contributed by atoms with van der Waals surface area (Å²) in [6, 6.07) is 11.6. The molecular formula is C15H13BrFNO2. The van der Waals surface area contributed by atoms with E-state index >= 15 is 0 Å². The van der Waals surface area contributed by atoms with E-state index in [4.69, 9.17) is 5.11 Å². The van der Waals surface area contributed by atoms with Crippen LogP contribution in [0.25, 0.3) is 0 Å². The molecule has 0 heterocycles. The molecule has 2 N–H and O–H groups in total. The lowest BCUT2D eigenvalue weighted by atomic mass is 10.1. The number of carbonyl (C=O) groups excluding carboxylic acids is 1. The number of halogens is 2. The molecule has 0 radical (unpaired) electrons. The number of amides is 1. The highest BCUT2D eigenvalue weighted by molar-refractivity contribution is 9.10. The number of aliphatic hydroxyl groups is 1. The van der Waals surface area contributed by atoms with Gasteiger partial charge in [0, 0.05) is 6.54 Å². The monoisotopic (exact) mass is 337 g/mol. The Morgan fingerprint density at radius 1 is 1.15 bits per heavy atom. The number of benzene rings is 2. The molecule has 0 aromatic heterocycles. The molecule has 2 aromatic rings. The number of carbonyl (C=O) groups is 1. The van der Waals surface area contributed by atoms with Gasteiger partial charge in [0.2, 0.25) is 0 Å². The molecule has 0 aliphatic heterocycles. The van der Waals surface area contributed by atoms with Crippen LogP contribution in [0.2, 0.25) is 0 Å². The topological polar surface area (TPSA) is 49.3 Å². The Bertz CT molecular complexity index is 614. The van der Waals surface area contributed by atoms with Gasteiger partial charge in [0.15, 0.2) is 0 Å². The molecule has 0 saturated carbocycles. The Morgan fingerprint density at radius 3 is 2.45 bits per heavy atom. The van der Waals surface area contributed by atoms with Crippen molar-refractivity contribution in [2.45, 2.75) is 13.2 Å². The van der Waals surface area contributed by atoms with Crippen LogP contribution < -0.4 is 5.32 Å². The molecule has 0 aliphatic carbocycles. The minimum absolute atomic E-state index is 0.0110. The van der Waals surface area contributed by atoms with Gasteiger partial charge in [0.05, 0.1) is 16.6 Å². The van der Waals surface area contributed by atoms with E-state index in [1.54, 1.807) is 18.2 Å². The molecule has 3 nitrogen and oxygen atoms in total. The van der Waals surface area contributed by atoms with Gasteiger partial charge >= 0.3 is 0 Å². The van der Waals surface area contributed by atoms with E-state index in [1.807, 2.05) is 12.1 Å². The van der Waals surface area contributed by atoms with Crippen molar-refractivity contribution in [2.24, 2.45) is 0 Å². The maximum absolute atomic E-state index is 13.3. The maximum Gasteiger partial charge on any atom is 0.252 e. The molecule has 1 amide bonds. The summed E-state index contributed by atoms with van der Waals surface area (Å²) >= 11 is 3.06. The summed E-state index contributed by atoms with van der Waals surface area (Å²) in [5.41, 5.74) is 1.98. The van der Waals surface area contributed by atoms with Gasteiger partial charge < -0.3 is 10.4 Å². The van der Waals surface area contributed by atoms with Crippen LogP contribution in [0.5, 0.6) is 0 Å². The molecule has 0 fully saturated rings. The van der Waals surface area contributed by atoms with Gasteiger partial charge in [-0.3, -0.25) is 4.79 Å². The minimum Gasteiger partial charge on any atom is -0.392 e. The van der Waals surface area contributed by atoms with Gasteiger partial charge in [-0.25, -0.2) is 4.39 Å². The van der Waals surface area contributed by atoms with Gasteiger partial charge in [-0.2, -0.15) is 0 Å². The van der Waals surface area contributed by atoms with Crippen LogP contribution in [0.3, 0.4) is 0 Å². The maximum atomic E-state index is 13.3. The summed E-state index contributed by atoms with van der Waals surface area (Å²) in [4.78, 5) is 12.0. The van der Waals surface area contributed by atoms with E-state index in [0.29, 0.717) is 6.54 Å². The predicted octanol–water partition coefficient (Wildman–Crippen LogP) is 3.01. The Balaban J connectivity index is 2.02. The molecule has 0 spiro atoms. The highest BCUT2D eigenvalue weighted by Gasteiger charge is 2.12. The molecule has 0 bridgehead atoms. The Morgan fingerprint density at radius 2 is 1.80 bits per heavy atom. The summed E-state index contributed by atoms with van der Waals surface area (Å²) in [5, 5.41) is 11.7. The van der Waals surface area contributed by atoms with Gasteiger partial charge in [0.1, 0.15) is 5.82 Å². The quantitative estimate of drug-likeness (QED) is 0.900. The summed E-state index contributed by atoms with van der Waals surface area (Å²) in [6.07, 6.45) is 0. The first-order chi connectivity index (χ1) is 9.61. The number of hydrogen-bond donors (Lipinski definition) is 2. The fraction of sp³-hybridized carbons (Fsp3) is 0.133. The molecule has 0 saturated heterocycles. The lowest BCUT2D eigenvalue weighted by molar-refractivity contribution is 0.0949. The van der Waals surface area contributed by atoms with Crippen LogP contribution in [-0.2, 0) is 13.2 Å². The fourth-order valence-electron chi connectivity index (χ4n) is 1.72. The highest BCUT2D eigenvalue weighted by Crippen LogP contribution is 2.20. The van der Waals surface area contributed by atoms with Crippen molar-refractivity contribution in [2.75, 3.05) is 0 Å². The summed E-state index contributed by atoms with van der Waals surface area (Å²) in [5.74, 6) is -0.812. The average molecular weight is 338 g/mol. The van der Waals surface area contributed by atoms with Gasteiger partial charge in [-0.05, 0) is 39.2 Å². The molecule has 2 aromatic carbocycles. The largest absolute Gasteiger partial charge is 0.392 e. The second kappa shape index (κ2) is 6.63. The van der Waals surface area contributed by atoms with Crippen LogP contribution in [0.1, 0.15) is 21.5 Å². The smallest absolute Gasteiger partial charge is 0.252 e. The summed E-state index contributed by atoms with van der Waals surface area (Å²) in [7, 11) is 0. The van der Waals surface area contributed by atoms with E-state index in [2.05, 4.69) is 21.2 Å². The second-order valence-electron chi connectivity index (χ2n) is 4.26. The lowest BCUT2D eigenvalue weighted by Crippen LogP contribution is -2.23. The number of hydrogen-bond acceptors (Lipinski definition) is 2. The van der Waals surface area contributed by atoms with Crippen molar-refractivity contribution in [3.05, 3.63) is 69.4 Å². The molecule has 2 rings (SSSR count). The van der Waals surface area contributed by atoms with E-state index in [1.165, 1.54) is 12.1 Å². The van der Waals surface area contributed by atoms with E-state index < -0.39 is 5.82 Å². The molecule has 5 heteroatoms. The number of rotatable bonds is 4. The SMILES string of the molecule is O=C(NCc1ccc(CO)cc1)c1cccc(F)c1Br. The van der Waals surface area contributed by atoms with E-state index in [0.717, 1.165) is 11.1 Å². The zero-order valence-corrected chi connectivity index (χ0v) is 12.2. The minimum atomic E-state index is -0.468. The molecule has 0 atom stereocenters. The normalized spacial score (nSPS) is 10.3. The predicted molar refractivity (Wildman–Crippen MR) is 77.6 cm³/mol. The Labute approximate surface area is 124 Å². The van der Waals surface area contributed by atoms with Crippen molar-refractivity contribution in [1.29, 1.82) is 0 Å². The van der Waals surface area contributed by atoms with Crippen LogP contribution in [0.4, 0.5) is 4.39 Å². The summed E-state index contributed by atoms with van der Waals surface area (Å²) < 4.78 is 13.5. The van der Waals surface area contributed by atoms with Crippen molar-refractivity contribution >= 4 is 21.8 Å². The molecular weight excluding hydrogens is 325 g/mol. The van der Waals surface area contributed by atoms with Crippen LogP contribution in [-0.4, -0.2) is 11.0 Å². The van der Waals surface area contributed by atoms with Crippen molar-refractivity contribution in [1.82, 2.24) is 5.32 Å². The standard InChI is InChI=1S/C15H13BrFNO2/c16-14-12(2-1-3-13(14)17)15(20)18-8-10-4-6-11(9-19)7-5-10/h1-7,19H,8-9H2,(H,18,20). The molecule has 104 valence electrons. The van der Waals surface area contributed by atoms with E-state index in [9.17, 15) is 9.18 Å². The van der Waals surface area contributed by atoms with Crippen LogP contribution in [0.15, 0.2) is 46.9 Å². The third-order valence-corrected chi connectivity index (χ3v) is 3.66. The van der Waals surface area contributed by atoms with Gasteiger partial charge in [-0.15, -0.1) is 0 Å². The van der Waals surface area contributed by atoms with Crippen LogP contribution in [0, 0.1) is 5.82 Å². The van der Waals surface area contributed by atoms with E-state index in [-0.39, 0.29) is 22.6 Å². The first kappa shape index (κ1) is 14.7. The van der Waals surface area contributed by atoms with Crippen LogP contribution >= 0.6 is 15.9 Å². The number of aliphatic hydroxyl groups excluding tert-OH is 1. The first-order valence-electron chi connectivity index (χ1n) is 6.02. The second-order valence-corrected chi connectivity index (χ2v) is 5.05. The van der Waals surface area contributed by atoms with Crippen molar-refractivity contribution in [3.63, 3.8) is 0 Å². The third-order valence-electron chi connectivity index (χ3n) is 2.85. The zero-order valence-electron chi connectivity index (χ0n) is 10.6. The summed E-state index contributed by atoms with van der Waals surface area (Å²) in [6.45, 7) is 0.330. The highest BCUT2D eigenvalue weighted by atomic mass is 79.9. The lowest BCUT2D eigenvalue weighted by Gasteiger charge is -2.08. The fourth-order valence-corrected chi connectivity index (χ4v) is 2.16.